The summed E-state index contributed by atoms with van der Waals surface area (Å²) < 4.78 is 13.8. The minimum Gasteiger partial charge on any atom is -0.478 e. The van der Waals surface area contributed by atoms with Gasteiger partial charge in [-0.2, -0.15) is 0 Å². The molecule has 2 aliphatic heterocycles. The zero-order chi connectivity index (χ0) is 26.8. The number of carboxylic acids is 1. The molecule has 6 rings (SSSR count). The molecule has 3 aromatic heterocycles. The smallest absolute Gasteiger partial charge is 0.335 e. The van der Waals surface area contributed by atoms with E-state index in [4.69, 9.17) is 19.4 Å². The van der Waals surface area contributed by atoms with E-state index in [9.17, 15) is 9.90 Å². The third kappa shape index (κ3) is 5.69. The van der Waals surface area contributed by atoms with Crippen molar-refractivity contribution in [3.63, 3.8) is 0 Å². The third-order valence-corrected chi connectivity index (χ3v) is 7.32. The molecule has 0 bridgehead atoms. The molecule has 2 aliphatic rings. The number of ether oxygens (including phenoxy) is 2. The predicted molar refractivity (Wildman–Crippen MR) is 146 cm³/mol. The Bertz CT molecular complexity index is 1520. The van der Waals surface area contributed by atoms with Crippen LogP contribution in [0, 0.1) is 6.92 Å². The highest BCUT2D eigenvalue weighted by molar-refractivity contribution is 5.92. The molecule has 9 heteroatoms. The molecule has 5 heterocycles. The quantitative estimate of drug-likeness (QED) is 0.341. The molecule has 1 N–H and O–H groups in total. The summed E-state index contributed by atoms with van der Waals surface area (Å²) in [5, 5.41) is 9.48. The average molecular weight is 526 g/mol. The van der Waals surface area contributed by atoms with Gasteiger partial charge in [0.25, 0.3) is 0 Å². The van der Waals surface area contributed by atoms with Crippen LogP contribution in [0.25, 0.3) is 16.6 Å². The minimum absolute atomic E-state index is 0.144. The number of aromatic carboxylic acids is 1. The minimum atomic E-state index is -0.935. The monoisotopic (exact) mass is 525 g/mol. The molecule has 1 aromatic carbocycles. The number of pyridine rings is 2. The van der Waals surface area contributed by atoms with Crippen LogP contribution in [0.4, 0.5) is 0 Å². The highest BCUT2D eigenvalue weighted by Gasteiger charge is 2.24. The van der Waals surface area contributed by atoms with E-state index in [0.29, 0.717) is 25.6 Å². The van der Waals surface area contributed by atoms with Gasteiger partial charge in [0.2, 0.25) is 5.88 Å². The van der Waals surface area contributed by atoms with Crippen molar-refractivity contribution < 1.29 is 19.4 Å². The zero-order valence-electron chi connectivity index (χ0n) is 21.9. The molecule has 1 saturated heterocycles. The van der Waals surface area contributed by atoms with Crippen molar-refractivity contribution in [3.8, 4) is 5.88 Å². The normalized spacial score (nSPS) is 17.6. The lowest BCUT2D eigenvalue weighted by Crippen LogP contribution is -2.33. The molecule has 1 fully saturated rings. The summed E-state index contributed by atoms with van der Waals surface area (Å²) in [5.74, 6) is 0.595. The number of aryl methyl sites for hydroxylation is 1. The van der Waals surface area contributed by atoms with Gasteiger partial charge < -0.3 is 19.1 Å². The molecule has 0 spiro atoms. The second kappa shape index (κ2) is 11.0. The van der Waals surface area contributed by atoms with Crippen LogP contribution < -0.4 is 4.74 Å². The Morgan fingerprint density at radius 2 is 2.08 bits per heavy atom. The summed E-state index contributed by atoms with van der Waals surface area (Å²) in [5.41, 5.74) is 6.05. The lowest BCUT2D eigenvalue weighted by atomic mass is 10.0. The Morgan fingerprint density at radius 3 is 2.79 bits per heavy atom. The van der Waals surface area contributed by atoms with Gasteiger partial charge in [0.1, 0.15) is 12.4 Å². The summed E-state index contributed by atoms with van der Waals surface area (Å²) in [6.45, 7) is 6.17. The topological polar surface area (TPSA) is 103 Å². The van der Waals surface area contributed by atoms with Crippen LogP contribution in [0.1, 0.15) is 46.0 Å². The Labute approximate surface area is 226 Å². The number of benzene rings is 1. The Morgan fingerprint density at radius 1 is 1.18 bits per heavy atom. The summed E-state index contributed by atoms with van der Waals surface area (Å²) in [7, 11) is 0. The van der Waals surface area contributed by atoms with E-state index in [1.807, 2.05) is 43.5 Å². The summed E-state index contributed by atoms with van der Waals surface area (Å²) >= 11 is 0. The molecule has 0 saturated carbocycles. The molecule has 39 heavy (non-hydrogen) atoms. The highest BCUT2D eigenvalue weighted by atomic mass is 16.5. The maximum atomic E-state index is 11.6. The lowest BCUT2D eigenvalue weighted by molar-refractivity contribution is -0.0591. The Kier molecular flexibility index (Phi) is 7.08. The van der Waals surface area contributed by atoms with Crippen LogP contribution in [0.15, 0.2) is 60.8 Å². The predicted octanol–water partition coefficient (Wildman–Crippen LogP) is 4.49. The van der Waals surface area contributed by atoms with Crippen molar-refractivity contribution in [2.45, 2.75) is 45.6 Å². The van der Waals surface area contributed by atoms with E-state index < -0.39 is 5.97 Å². The molecule has 4 aromatic rings. The van der Waals surface area contributed by atoms with Crippen LogP contribution in [0.3, 0.4) is 0 Å². The number of imidazole rings is 1. The van der Waals surface area contributed by atoms with Crippen LogP contribution in [-0.4, -0.2) is 61.3 Å². The van der Waals surface area contributed by atoms with Gasteiger partial charge >= 0.3 is 5.97 Å². The van der Waals surface area contributed by atoms with Gasteiger partial charge in [0.15, 0.2) is 0 Å². The van der Waals surface area contributed by atoms with E-state index >= 15 is 0 Å². The summed E-state index contributed by atoms with van der Waals surface area (Å²) in [6, 6.07) is 15.0. The number of rotatable bonds is 9. The standard InChI is InChI=1S/C30H31N5O4/c1-20-5-6-21(16-31-20)19-39-29-4-2-3-25(33-29)22-9-12-34(13-10-22)18-28-32-26-8-7-23(30(36)37)15-27(26)35(28)17-24-11-14-38-24/h2-9,15-16,24H,10-14,17-19H2,1H3,(H,36,37)/t24-/m0/s1. The molecular formula is C30H31N5O4. The van der Waals surface area contributed by atoms with Gasteiger partial charge in [-0.05, 0) is 55.7 Å². The molecule has 200 valence electrons. The molecule has 0 unspecified atom stereocenters. The molecule has 1 atom stereocenters. The average Bonchev–Trinajstić information content (AvgIpc) is 3.26. The SMILES string of the molecule is Cc1ccc(COc2cccc(C3=CCN(Cc4nc5ccc(C(=O)O)cc5n4C[C@@H]4CCO4)CC3)n2)cn1. The van der Waals surface area contributed by atoms with Gasteiger partial charge in [-0.15, -0.1) is 0 Å². The van der Waals surface area contributed by atoms with Crippen LogP contribution in [-0.2, 0) is 24.4 Å². The van der Waals surface area contributed by atoms with Crippen LogP contribution in [0.5, 0.6) is 5.88 Å². The number of nitrogens with zero attached hydrogens (tertiary/aromatic N) is 5. The molecule has 9 nitrogen and oxygen atoms in total. The van der Waals surface area contributed by atoms with Crippen molar-refractivity contribution in [2.24, 2.45) is 0 Å². The van der Waals surface area contributed by atoms with Crippen molar-refractivity contribution in [2.75, 3.05) is 19.7 Å². The van der Waals surface area contributed by atoms with E-state index in [0.717, 1.165) is 66.3 Å². The lowest BCUT2D eigenvalue weighted by Gasteiger charge is -2.29. The van der Waals surface area contributed by atoms with Gasteiger partial charge in [-0.25, -0.2) is 14.8 Å². The fraction of sp³-hybridized carbons (Fsp3) is 0.333. The highest BCUT2D eigenvalue weighted by Crippen LogP contribution is 2.26. The third-order valence-electron chi connectivity index (χ3n) is 7.32. The second-order valence-electron chi connectivity index (χ2n) is 10.1. The Hall–Kier alpha value is -4.08. The van der Waals surface area contributed by atoms with Crippen LogP contribution in [0.2, 0.25) is 0 Å². The Balaban J connectivity index is 1.15. The molecule has 0 aliphatic carbocycles. The first kappa shape index (κ1) is 25.2. The summed E-state index contributed by atoms with van der Waals surface area (Å²) in [4.78, 5) is 27.9. The number of aromatic nitrogens is 4. The number of carboxylic acid groups (broad SMARTS) is 1. The number of carbonyl (C=O) groups is 1. The molecular weight excluding hydrogens is 494 g/mol. The zero-order valence-corrected chi connectivity index (χ0v) is 21.9. The molecule has 0 radical (unpaired) electrons. The fourth-order valence-corrected chi connectivity index (χ4v) is 4.96. The van der Waals surface area contributed by atoms with E-state index in [2.05, 4.69) is 20.5 Å². The number of hydrogen-bond acceptors (Lipinski definition) is 7. The maximum Gasteiger partial charge on any atom is 0.335 e. The van der Waals surface area contributed by atoms with Crippen molar-refractivity contribution in [1.82, 2.24) is 24.4 Å². The van der Waals surface area contributed by atoms with E-state index in [1.165, 1.54) is 5.57 Å². The number of hydrogen-bond donors (Lipinski definition) is 1. The first-order valence-corrected chi connectivity index (χ1v) is 13.3. The van der Waals surface area contributed by atoms with E-state index in [-0.39, 0.29) is 11.7 Å². The van der Waals surface area contributed by atoms with Crippen molar-refractivity contribution in [1.29, 1.82) is 0 Å². The van der Waals surface area contributed by atoms with Gasteiger partial charge in [-0.1, -0.05) is 18.2 Å². The number of fused-ring (bicyclic) bond motifs is 1. The first-order chi connectivity index (χ1) is 19.0. The van der Waals surface area contributed by atoms with Crippen molar-refractivity contribution >= 4 is 22.6 Å². The second-order valence-corrected chi connectivity index (χ2v) is 10.1. The largest absolute Gasteiger partial charge is 0.478 e. The first-order valence-electron chi connectivity index (χ1n) is 13.3. The maximum absolute atomic E-state index is 11.6. The molecule has 0 amide bonds. The fourth-order valence-electron chi connectivity index (χ4n) is 4.96. The van der Waals surface area contributed by atoms with Gasteiger partial charge in [0, 0.05) is 43.2 Å². The summed E-state index contributed by atoms with van der Waals surface area (Å²) in [6.07, 6.45) is 6.07. The van der Waals surface area contributed by atoms with Gasteiger partial charge in [-0.3, -0.25) is 9.88 Å². The van der Waals surface area contributed by atoms with Crippen LogP contribution >= 0.6 is 0 Å². The van der Waals surface area contributed by atoms with Gasteiger partial charge in [0.05, 0.1) is 41.5 Å². The van der Waals surface area contributed by atoms with Crippen molar-refractivity contribution in [3.05, 3.63) is 89.1 Å². The van der Waals surface area contributed by atoms with E-state index in [1.54, 1.807) is 18.2 Å².